The van der Waals surface area contributed by atoms with E-state index in [9.17, 15) is 0 Å². The van der Waals surface area contributed by atoms with Crippen LogP contribution in [0.1, 0.15) is 41.0 Å². The van der Waals surface area contributed by atoms with Crippen molar-refractivity contribution >= 4 is 0 Å². The quantitative estimate of drug-likeness (QED) is 0.611. The second-order valence-corrected chi connectivity index (χ2v) is 5.89. The van der Waals surface area contributed by atoms with E-state index < -0.39 is 0 Å². The molecule has 0 saturated heterocycles. The lowest BCUT2D eigenvalue weighted by Gasteiger charge is -2.39. The molecule has 0 aliphatic carbocycles. The Morgan fingerprint density at radius 1 is 1.36 bits per heavy atom. The van der Waals surface area contributed by atoms with Crippen LogP contribution in [-0.4, -0.2) is 23.5 Å². The second-order valence-electron chi connectivity index (χ2n) is 5.89. The fraction of sp³-hybridized carbons (Fsp3) is 0.846. The Kier molecular flexibility index (Phi) is 3.77. The summed E-state index contributed by atoms with van der Waals surface area (Å²) in [6.45, 7) is 13.9. The van der Waals surface area contributed by atoms with Crippen molar-refractivity contribution in [3.05, 3.63) is 12.2 Å². The van der Waals surface area contributed by atoms with Gasteiger partial charge in [0.2, 0.25) is 0 Å². The Balaban J connectivity index is 2.52. The molecule has 1 heteroatoms. The zero-order valence-electron chi connectivity index (χ0n) is 10.4. The Hall–Kier alpha value is -0.300. The van der Waals surface area contributed by atoms with Crippen LogP contribution in [0.3, 0.4) is 0 Å². The van der Waals surface area contributed by atoms with Gasteiger partial charge in [-0.3, -0.25) is 4.90 Å². The van der Waals surface area contributed by atoms with Crippen molar-refractivity contribution in [2.75, 3.05) is 13.1 Å². The molecule has 1 rings (SSSR count). The molecule has 1 aliphatic rings. The van der Waals surface area contributed by atoms with Gasteiger partial charge in [0, 0.05) is 18.6 Å². The largest absolute Gasteiger partial charge is 0.294 e. The zero-order chi connectivity index (χ0) is 10.8. The molecular formula is C13H25N. The summed E-state index contributed by atoms with van der Waals surface area (Å²) in [6, 6.07) is 0. The zero-order valence-corrected chi connectivity index (χ0v) is 10.4. The lowest BCUT2D eigenvalue weighted by Crippen LogP contribution is -2.45. The van der Waals surface area contributed by atoms with Gasteiger partial charge >= 0.3 is 0 Å². The van der Waals surface area contributed by atoms with Gasteiger partial charge in [0.15, 0.2) is 0 Å². The van der Waals surface area contributed by atoms with Crippen LogP contribution in [0.5, 0.6) is 0 Å². The highest BCUT2D eigenvalue weighted by Crippen LogP contribution is 2.23. The smallest absolute Gasteiger partial charge is 0.0168 e. The number of rotatable bonds is 2. The summed E-state index contributed by atoms with van der Waals surface area (Å²) in [6.07, 6.45) is 6.06. The first kappa shape index (κ1) is 11.8. The van der Waals surface area contributed by atoms with Crippen LogP contribution in [0.2, 0.25) is 0 Å². The Labute approximate surface area is 89.2 Å². The van der Waals surface area contributed by atoms with Crippen LogP contribution in [0.4, 0.5) is 0 Å². The minimum absolute atomic E-state index is 0.319. The van der Waals surface area contributed by atoms with Crippen molar-refractivity contribution in [1.82, 2.24) is 4.90 Å². The molecule has 0 aromatic rings. The van der Waals surface area contributed by atoms with Gasteiger partial charge in [-0.25, -0.2) is 0 Å². The van der Waals surface area contributed by atoms with E-state index >= 15 is 0 Å². The van der Waals surface area contributed by atoms with E-state index in [0.29, 0.717) is 5.54 Å². The predicted octanol–water partition coefficient (Wildman–Crippen LogP) is 3.32. The lowest BCUT2D eigenvalue weighted by molar-refractivity contribution is 0.125. The van der Waals surface area contributed by atoms with Crippen LogP contribution in [0.15, 0.2) is 12.2 Å². The third kappa shape index (κ3) is 3.45. The molecule has 0 bridgehead atoms. The van der Waals surface area contributed by atoms with Crippen LogP contribution in [0, 0.1) is 11.8 Å². The van der Waals surface area contributed by atoms with Crippen LogP contribution in [-0.2, 0) is 0 Å². The summed E-state index contributed by atoms with van der Waals surface area (Å²) in [5, 5.41) is 0. The lowest BCUT2D eigenvalue weighted by atomic mass is 9.92. The third-order valence-corrected chi connectivity index (χ3v) is 2.91. The number of nitrogens with zero attached hydrogens (tertiary/aromatic N) is 1. The fourth-order valence-corrected chi connectivity index (χ4v) is 2.11. The maximum atomic E-state index is 2.57. The summed E-state index contributed by atoms with van der Waals surface area (Å²) in [7, 11) is 0. The predicted molar refractivity (Wildman–Crippen MR) is 63.4 cm³/mol. The number of hydrogen-bond donors (Lipinski definition) is 0. The molecule has 0 aromatic carbocycles. The van der Waals surface area contributed by atoms with Gasteiger partial charge in [-0.2, -0.15) is 0 Å². The highest BCUT2D eigenvalue weighted by molar-refractivity contribution is 4.99. The van der Waals surface area contributed by atoms with E-state index in [1.165, 1.54) is 13.0 Å². The van der Waals surface area contributed by atoms with E-state index in [-0.39, 0.29) is 0 Å². The molecule has 1 aliphatic heterocycles. The average Bonchev–Trinajstić information content (AvgIpc) is 2.01. The van der Waals surface area contributed by atoms with Gasteiger partial charge in [-0.05, 0) is 39.0 Å². The van der Waals surface area contributed by atoms with Crippen molar-refractivity contribution in [2.24, 2.45) is 11.8 Å². The van der Waals surface area contributed by atoms with Gasteiger partial charge in [-0.15, -0.1) is 0 Å². The van der Waals surface area contributed by atoms with Gasteiger partial charge in [0.05, 0.1) is 0 Å². The van der Waals surface area contributed by atoms with Crippen molar-refractivity contribution < 1.29 is 0 Å². The van der Waals surface area contributed by atoms with Crippen LogP contribution in [0.25, 0.3) is 0 Å². The summed E-state index contributed by atoms with van der Waals surface area (Å²) in [5.41, 5.74) is 0.319. The SMILES string of the molecule is CC(C)CC1C=CCN(C(C)(C)C)C1. The Bertz CT molecular complexity index is 198. The fourth-order valence-electron chi connectivity index (χ4n) is 2.11. The standard InChI is InChI=1S/C13H25N/c1-11(2)9-12-7-6-8-14(10-12)13(3,4)5/h6-7,11-12H,8-10H2,1-5H3. The third-order valence-electron chi connectivity index (χ3n) is 2.91. The van der Waals surface area contributed by atoms with E-state index in [4.69, 9.17) is 0 Å². The second kappa shape index (κ2) is 4.48. The first-order chi connectivity index (χ1) is 6.39. The van der Waals surface area contributed by atoms with E-state index in [1.54, 1.807) is 0 Å². The summed E-state index contributed by atoms with van der Waals surface area (Å²) >= 11 is 0. The minimum Gasteiger partial charge on any atom is -0.294 e. The van der Waals surface area contributed by atoms with Crippen molar-refractivity contribution in [3.8, 4) is 0 Å². The molecule has 0 amide bonds. The van der Waals surface area contributed by atoms with E-state index in [1.807, 2.05) is 0 Å². The summed E-state index contributed by atoms with van der Waals surface area (Å²) in [5.74, 6) is 1.58. The maximum Gasteiger partial charge on any atom is 0.0168 e. The van der Waals surface area contributed by atoms with Crippen LogP contribution >= 0.6 is 0 Å². The highest BCUT2D eigenvalue weighted by Gasteiger charge is 2.25. The Morgan fingerprint density at radius 3 is 2.50 bits per heavy atom. The minimum atomic E-state index is 0.319. The van der Waals surface area contributed by atoms with Gasteiger partial charge in [-0.1, -0.05) is 26.0 Å². The molecule has 1 unspecified atom stereocenters. The molecule has 1 heterocycles. The van der Waals surface area contributed by atoms with E-state index in [2.05, 4.69) is 51.7 Å². The topological polar surface area (TPSA) is 3.24 Å². The molecule has 0 N–H and O–H groups in total. The summed E-state index contributed by atoms with van der Waals surface area (Å²) < 4.78 is 0. The number of hydrogen-bond acceptors (Lipinski definition) is 1. The molecule has 0 spiro atoms. The normalized spacial score (nSPS) is 24.6. The molecule has 0 radical (unpaired) electrons. The Morgan fingerprint density at radius 2 is 2.00 bits per heavy atom. The average molecular weight is 195 g/mol. The summed E-state index contributed by atoms with van der Waals surface area (Å²) in [4.78, 5) is 2.57. The molecular weight excluding hydrogens is 170 g/mol. The van der Waals surface area contributed by atoms with Gasteiger partial charge < -0.3 is 0 Å². The monoisotopic (exact) mass is 195 g/mol. The molecule has 1 nitrogen and oxygen atoms in total. The first-order valence-corrected chi connectivity index (χ1v) is 5.81. The molecule has 1 atom stereocenters. The molecule has 82 valence electrons. The molecule has 0 aromatic heterocycles. The van der Waals surface area contributed by atoms with Crippen LogP contribution < -0.4 is 0 Å². The van der Waals surface area contributed by atoms with Gasteiger partial charge in [0.25, 0.3) is 0 Å². The molecule has 0 saturated carbocycles. The maximum absolute atomic E-state index is 2.57. The molecule has 0 fully saturated rings. The van der Waals surface area contributed by atoms with Crippen molar-refractivity contribution in [1.29, 1.82) is 0 Å². The molecule has 14 heavy (non-hydrogen) atoms. The van der Waals surface area contributed by atoms with Gasteiger partial charge in [0.1, 0.15) is 0 Å². The first-order valence-electron chi connectivity index (χ1n) is 5.81. The highest BCUT2D eigenvalue weighted by atomic mass is 15.2. The van der Waals surface area contributed by atoms with E-state index in [0.717, 1.165) is 18.4 Å². The van der Waals surface area contributed by atoms with Crippen molar-refractivity contribution in [2.45, 2.75) is 46.6 Å². The van der Waals surface area contributed by atoms with Crippen molar-refractivity contribution in [3.63, 3.8) is 0 Å².